The van der Waals surface area contributed by atoms with Crippen LogP contribution in [-0.4, -0.2) is 74.1 Å². The van der Waals surface area contributed by atoms with Crippen molar-refractivity contribution in [2.24, 2.45) is 0 Å². The van der Waals surface area contributed by atoms with Crippen molar-refractivity contribution in [1.29, 1.82) is 0 Å². The van der Waals surface area contributed by atoms with E-state index in [0.717, 1.165) is 35.1 Å². The lowest BCUT2D eigenvalue weighted by Crippen LogP contribution is -2.42. The van der Waals surface area contributed by atoms with Gasteiger partial charge in [0.05, 0.1) is 47.4 Å². The number of nitrogens with zero attached hydrogens (tertiary/aromatic N) is 1. The molecule has 0 heterocycles. The molecule has 2 rings (SSSR count). The highest BCUT2D eigenvalue weighted by Crippen LogP contribution is 2.45. The van der Waals surface area contributed by atoms with E-state index in [1.54, 1.807) is 0 Å². The first kappa shape index (κ1) is 29.1. The zero-order chi connectivity index (χ0) is 25.9. The third-order valence-electron chi connectivity index (χ3n) is 5.08. The molecule has 0 aromatic heterocycles. The Balaban J connectivity index is 1.82. The van der Waals surface area contributed by atoms with Gasteiger partial charge in [-0.25, -0.2) is 4.57 Å². The van der Waals surface area contributed by atoms with E-state index >= 15 is 0 Å². The number of aliphatic carboxylic acids is 1. The Morgan fingerprint density at radius 1 is 0.943 bits per heavy atom. The predicted octanol–water partition coefficient (Wildman–Crippen LogP) is 4.86. The second-order valence-corrected chi connectivity index (χ2v) is 10.9. The Bertz CT molecular complexity index is 991. The third kappa shape index (κ3) is 11.0. The molecule has 0 bridgehead atoms. The molecule has 0 aliphatic carbocycles. The van der Waals surface area contributed by atoms with E-state index in [-0.39, 0.29) is 19.6 Å². The number of hydrogen-bond donors (Lipinski definition) is 2. The van der Waals surface area contributed by atoms with E-state index in [0.29, 0.717) is 30.5 Å². The Morgan fingerprint density at radius 2 is 1.49 bits per heavy atom. The molecule has 2 aromatic rings. The van der Waals surface area contributed by atoms with Crippen molar-refractivity contribution in [2.75, 3.05) is 47.5 Å². The van der Waals surface area contributed by atoms with Crippen LogP contribution in [0, 0.1) is 0 Å². The zero-order valence-electron chi connectivity index (χ0n) is 21.1. The Morgan fingerprint density at radius 3 is 2.00 bits per heavy atom. The first-order valence-electron chi connectivity index (χ1n) is 12.0. The fraction of sp³-hybridized carbons (Fsp3) is 0.560. The van der Waals surface area contributed by atoms with Gasteiger partial charge >= 0.3 is 13.8 Å². The molecule has 0 saturated heterocycles. The topological polar surface area (TPSA) is 112 Å². The smallest absolute Gasteiger partial charge is 0.472 e. The van der Waals surface area contributed by atoms with E-state index in [4.69, 9.17) is 23.6 Å². The molecule has 35 heavy (non-hydrogen) atoms. The SMILES string of the molecule is CCCCOc1cccc2c(OCCCCOP(=O)(O)OC(CC(=O)O)C[N+](C)(C)C)cccc12. The van der Waals surface area contributed by atoms with Crippen molar-refractivity contribution < 1.29 is 42.4 Å². The number of likely N-dealkylation sites (N-methyl/N-ethyl adjacent to an activating group) is 1. The molecule has 196 valence electrons. The molecule has 0 radical (unpaired) electrons. The van der Waals surface area contributed by atoms with Gasteiger partial charge in [0.2, 0.25) is 0 Å². The second kappa shape index (κ2) is 13.8. The van der Waals surface area contributed by atoms with Crippen LogP contribution in [0.15, 0.2) is 36.4 Å². The summed E-state index contributed by atoms with van der Waals surface area (Å²) in [5.41, 5.74) is 0. The van der Waals surface area contributed by atoms with Crippen LogP contribution in [0.1, 0.15) is 39.0 Å². The van der Waals surface area contributed by atoms with Crippen LogP contribution in [0.2, 0.25) is 0 Å². The number of carboxylic acids is 1. The zero-order valence-corrected chi connectivity index (χ0v) is 22.0. The molecule has 9 nitrogen and oxygen atoms in total. The van der Waals surface area contributed by atoms with Gasteiger partial charge < -0.3 is 24.0 Å². The molecule has 2 N–H and O–H groups in total. The highest BCUT2D eigenvalue weighted by Gasteiger charge is 2.31. The fourth-order valence-corrected chi connectivity index (χ4v) is 4.49. The summed E-state index contributed by atoms with van der Waals surface area (Å²) in [6, 6.07) is 11.7. The first-order chi connectivity index (χ1) is 16.5. The van der Waals surface area contributed by atoms with Crippen LogP contribution >= 0.6 is 7.82 Å². The summed E-state index contributed by atoms with van der Waals surface area (Å²) in [6.07, 6.45) is 1.82. The van der Waals surface area contributed by atoms with Crippen LogP contribution in [-0.2, 0) is 18.4 Å². The molecule has 2 aromatic carbocycles. The molecular formula is C25H39NO8P+. The number of ether oxygens (including phenoxy) is 2. The lowest BCUT2D eigenvalue weighted by atomic mass is 10.1. The Kier molecular flexibility index (Phi) is 11.5. The normalized spacial score (nSPS) is 14.4. The van der Waals surface area contributed by atoms with Crippen molar-refractivity contribution in [3.05, 3.63) is 36.4 Å². The summed E-state index contributed by atoms with van der Waals surface area (Å²) in [6.45, 7) is 3.45. The molecule has 10 heteroatoms. The van der Waals surface area contributed by atoms with E-state index in [1.807, 2.05) is 57.5 Å². The molecule has 2 unspecified atom stereocenters. The van der Waals surface area contributed by atoms with Gasteiger partial charge in [-0.3, -0.25) is 13.8 Å². The fourth-order valence-electron chi connectivity index (χ4n) is 3.56. The number of fused-ring (bicyclic) bond motifs is 1. The van der Waals surface area contributed by atoms with Crippen molar-refractivity contribution >= 4 is 24.6 Å². The minimum atomic E-state index is -4.38. The van der Waals surface area contributed by atoms with Crippen LogP contribution < -0.4 is 9.47 Å². The Labute approximate surface area is 207 Å². The monoisotopic (exact) mass is 512 g/mol. The number of unbranched alkanes of at least 4 members (excludes halogenated alkanes) is 2. The van der Waals surface area contributed by atoms with Crippen LogP contribution in [0.5, 0.6) is 11.5 Å². The average Bonchev–Trinajstić information content (AvgIpc) is 2.74. The Hall–Kier alpha value is -2.16. The first-order valence-corrected chi connectivity index (χ1v) is 13.5. The van der Waals surface area contributed by atoms with Gasteiger partial charge in [0.25, 0.3) is 0 Å². The average molecular weight is 513 g/mol. The van der Waals surface area contributed by atoms with Gasteiger partial charge in [-0.15, -0.1) is 0 Å². The lowest BCUT2D eigenvalue weighted by Gasteiger charge is -2.29. The molecule has 0 saturated carbocycles. The maximum absolute atomic E-state index is 12.3. The number of phosphoric ester groups is 1. The number of quaternary nitrogens is 1. The van der Waals surface area contributed by atoms with Crippen LogP contribution in [0.25, 0.3) is 10.8 Å². The van der Waals surface area contributed by atoms with Crippen LogP contribution in [0.4, 0.5) is 0 Å². The third-order valence-corrected chi connectivity index (χ3v) is 6.16. The van der Waals surface area contributed by atoms with Crippen LogP contribution in [0.3, 0.4) is 0 Å². The van der Waals surface area contributed by atoms with Gasteiger partial charge in [-0.1, -0.05) is 37.6 Å². The minimum Gasteiger partial charge on any atom is -0.493 e. The van der Waals surface area contributed by atoms with E-state index in [1.165, 1.54) is 0 Å². The summed E-state index contributed by atoms with van der Waals surface area (Å²) in [5, 5.41) is 11.0. The number of rotatable bonds is 17. The molecule has 0 aliphatic rings. The van der Waals surface area contributed by atoms with Gasteiger partial charge in [0.1, 0.15) is 24.1 Å². The maximum Gasteiger partial charge on any atom is 0.472 e. The standard InChI is InChI=1S/C25H38NO8P/c1-5-6-15-31-23-13-9-12-22-21(23)11-10-14-24(22)32-16-7-8-17-33-35(29,30)34-20(18-25(27)28)19-26(2,3)4/h9-14,20H,5-8,15-19H2,1-4H3,(H-,27,28,29,30)/p+1. The predicted molar refractivity (Wildman–Crippen MR) is 135 cm³/mol. The molecule has 0 fully saturated rings. The molecule has 0 spiro atoms. The molecule has 0 aliphatic heterocycles. The van der Waals surface area contributed by atoms with E-state index in [9.17, 15) is 14.3 Å². The number of carbonyl (C=O) groups is 1. The molecular weight excluding hydrogens is 473 g/mol. The van der Waals surface area contributed by atoms with Crippen molar-refractivity contribution in [2.45, 2.75) is 45.1 Å². The minimum absolute atomic E-state index is 0.00768. The van der Waals surface area contributed by atoms with Crippen molar-refractivity contribution in [1.82, 2.24) is 0 Å². The number of hydrogen-bond acceptors (Lipinski definition) is 6. The highest BCUT2D eigenvalue weighted by molar-refractivity contribution is 7.47. The number of carboxylic acid groups (broad SMARTS) is 1. The van der Waals surface area contributed by atoms with Crippen molar-refractivity contribution in [3.63, 3.8) is 0 Å². The van der Waals surface area contributed by atoms with E-state index < -0.39 is 19.9 Å². The molecule has 2 atom stereocenters. The highest BCUT2D eigenvalue weighted by atomic mass is 31.2. The van der Waals surface area contributed by atoms with Gasteiger partial charge in [-0.2, -0.15) is 0 Å². The van der Waals surface area contributed by atoms with Gasteiger partial charge in [0, 0.05) is 10.8 Å². The van der Waals surface area contributed by atoms with Gasteiger partial charge in [-0.05, 0) is 31.4 Å². The largest absolute Gasteiger partial charge is 0.493 e. The summed E-state index contributed by atoms with van der Waals surface area (Å²) >= 11 is 0. The number of phosphoric acid groups is 1. The summed E-state index contributed by atoms with van der Waals surface area (Å²) in [4.78, 5) is 21.1. The van der Waals surface area contributed by atoms with Crippen molar-refractivity contribution in [3.8, 4) is 11.5 Å². The van der Waals surface area contributed by atoms with Gasteiger partial charge in [0.15, 0.2) is 0 Å². The lowest BCUT2D eigenvalue weighted by molar-refractivity contribution is -0.873. The quantitative estimate of drug-likeness (QED) is 0.176. The van der Waals surface area contributed by atoms with E-state index in [2.05, 4.69) is 6.92 Å². The summed E-state index contributed by atoms with van der Waals surface area (Å²) in [5.74, 6) is 0.478. The number of benzene rings is 2. The second-order valence-electron chi connectivity index (χ2n) is 9.46. The molecule has 0 amide bonds. The summed E-state index contributed by atoms with van der Waals surface area (Å²) < 4.78 is 34.7. The maximum atomic E-state index is 12.3. The summed E-state index contributed by atoms with van der Waals surface area (Å²) in [7, 11) is 1.16.